The summed E-state index contributed by atoms with van der Waals surface area (Å²) in [5.41, 5.74) is 2.60. The summed E-state index contributed by atoms with van der Waals surface area (Å²) < 4.78 is 5.69. The van der Waals surface area contributed by atoms with E-state index in [1.54, 1.807) is 6.07 Å². The van der Waals surface area contributed by atoms with Gasteiger partial charge in [-0.3, -0.25) is 0 Å². The highest BCUT2D eigenvalue weighted by Gasteiger charge is 2.05. The first kappa shape index (κ1) is 14.1. The van der Waals surface area contributed by atoms with Gasteiger partial charge in [0.15, 0.2) is 0 Å². The molecule has 0 aromatic heterocycles. The molecule has 20 heavy (non-hydrogen) atoms. The molecule has 0 aliphatic heterocycles. The van der Waals surface area contributed by atoms with E-state index in [2.05, 4.69) is 6.07 Å². The molecule has 0 unspecified atom stereocenters. The van der Waals surface area contributed by atoms with Gasteiger partial charge in [-0.05, 0) is 23.8 Å². The van der Waals surface area contributed by atoms with Crippen LogP contribution in [-0.2, 0) is 6.61 Å². The molecular formula is C17H17NO2. The van der Waals surface area contributed by atoms with Crippen LogP contribution >= 0.6 is 0 Å². The highest BCUT2D eigenvalue weighted by Crippen LogP contribution is 2.20. The van der Waals surface area contributed by atoms with Crippen molar-refractivity contribution in [1.82, 2.24) is 0 Å². The van der Waals surface area contributed by atoms with E-state index >= 15 is 0 Å². The van der Waals surface area contributed by atoms with E-state index < -0.39 is 0 Å². The number of hydrogen-bond donors (Lipinski definition) is 1. The van der Waals surface area contributed by atoms with Crippen molar-refractivity contribution >= 4 is 0 Å². The summed E-state index contributed by atoms with van der Waals surface area (Å²) in [4.78, 5) is 0. The van der Waals surface area contributed by atoms with Gasteiger partial charge in [0.2, 0.25) is 0 Å². The maximum atomic E-state index is 9.11. The Morgan fingerprint density at radius 1 is 1.15 bits per heavy atom. The monoisotopic (exact) mass is 267 g/mol. The zero-order chi connectivity index (χ0) is 14.4. The SMILES string of the molecule is C[C@H](CO)c1ccc(OCc2ccccc2C#N)cc1. The lowest BCUT2D eigenvalue weighted by Gasteiger charge is -2.11. The Kier molecular flexibility index (Phi) is 4.75. The Morgan fingerprint density at radius 3 is 2.50 bits per heavy atom. The van der Waals surface area contributed by atoms with Crippen LogP contribution in [-0.4, -0.2) is 11.7 Å². The molecule has 2 aromatic carbocycles. The van der Waals surface area contributed by atoms with Crippen LogP contribution < -0.4 is 4.74 Å². The van der Waals surface area contributed by atoms with Gasteiger partial charge in [-0.2, -0.15) is 5.26 Å². The summed E-state index contributed by atoms with van der Waals surface area (Å²) in [6.07, 6.45) is 0. The molecular weight excluding hydrogens is 250 g/mol. The van der Waals surface area contributed by atoms with Crippen LogP contribution in [0.1, 0.15) is 29.5 Å². The predicted molar refractivity (Wildman–Crippen MR) is 77.4 cm³/mol. The fourth-order valence-corrected chi connectivity index (χ4v) is 1.91. The molecule has 0 fully saturated rings. The zero-order valence-electron chi connectivity index (χ0n) is 11.4. The van der Waals surface area contributed by atoms with Gasteiger partial charge in [0.05, 0.1) is 11.6 Å². The van der Waals surface area contributed by atoms with Gasteiger partial charge in [-0.25, -0.2) is 0 Å². The van der Waals surface area contributed by atoms with Crippen LogP contribution in [0.3, 0.4) is 0 Å². The average molecular weight is 267 g/mol. The van der Waals surface area contributed by atoms with Crippen LogP contribution in [0.2, 0.25) is 0 Å². The van der Waals surface area contributed by atoms with E-state index in [0.717, 1.165) is 16.9 Å². The van der Waals surface area contributed by atoms with Crippen LogP contribution in [0.4, 0.5) is 0 Å². The second kappa shape index (κ2) is 6.74. The van der Waals surface area contributed by atoms with E-state index in [0.29, 0.717) is 12.2 Å². The average Bonchev–Trinajstić information content (AvgIpc) is 2.53. The van der Waals surface area contributed by atoms with E-state index in [9.17, 15) is 0 Å². The predicted octanol–water partition coefficient (Wildman–Crippen LogP) is 3.23. The van der Waals surface area contributed by atoms with Gasteiger partial charge in [0.1, 0.15) is 12.4 Å². The number of aliphatic hydroxyl groups excluding tert-OH is 1. The van der Waals surface area contributed by atoms with Crippen molar-refractivity contribution < 1.29 is 9.84 Å². The minimum atomic E-state index is 0.128. The number of ether oxygens (including phenoxy) is 1. The smallest absolute Gasteiger partial charge is 0.119 e. The molecule has 3 heteroatoms. The van der Waals surface area contributed by atoms with Crippen molar-refractivity contribution in [3.8, 4) is 11.8 Å². The minimum Gasteiger partial charge on any atom is -0.489 e. The quantitative estimate of drug-likeness (QED) is 0.904. The van der Waals surface area contributed by atoms with Crippen molar-refractivity contribution in [3.63, 3.8) is 0 Å². The molecule has 2 aromatic rings. The molecule has 1 N–H and O–H groups in total. The van der Waals surface area contributed by atoms with Crippen LogP contribution in [0, 0.1) is 11.3 Å². The highest BCUT2D eigenvalue weighted by molar-refractivity contribution is 5.37. The largest absolute Gasteiger partial charge is 0.489 e. The maximum Gasteiger partial charge on any atom is 0.119 e. The minimum absolute atomic E-state index is 0.128. The first-order chi connectivity index (χ1) is 9.74. The van der Waals surface area contributed by atoms with E-state index in [4.69, 9.17) is 15.1 Å². The van der Waals surface area contributed by atoms with Crippen molar-refractivity contribution in [3.05, 3.63) is 65.2 Å². The number of hydrogen-bond acceptors (Lipinski definition) is 3. The first-order valence-corrected chi connectivity index (χ1v) is 6.56. The Balaban J connectivity index is 2.03. The van der Waals surface area contributed by atoms with Crippen LogP contribution in [0.25, 0.3) is 0 Å². The lowest BCUT2D eigenvalue weighted by Crippen LogP contribution is -2.00. The van der Waals surface area contributed by atoms with Crippen molar-refractivity contribution in [2.24, 2.45) is 0 Å². The molecule has 0 saturated carbocycles. The molecule has 102 valence electrons. The molecule has 2 rings (SSSR count). The second-order valence-corrected chi connectivity index (χ2v) is 4.71. The molecule has 0 radical (unpaired) electrons. The Labute approximate surface area is 119 Å². The van der Waals surface area contributed by atoms with Gasteiger partial charge < -0.3 is 9.84 Å². The fourth-order valence-electron chi connectivity index (χ4n) is 1.91. The van der Waals surface area contributed by atoms with Crippen LogP contribution in [0.15, 0.2) is 48.5 Å². The third kappa shape index (κ3) is 3.37. The standard InChI is InChI=1S/C17H17NO2/c1-13(11-19)14-6-8-17(9-7-14)20-12-16-5-3-2-4-15(16)10-18/h2-9,13,19H,11-12H2,1H3/t13-/m1/s1. The van der Waals surface area contributed by atoms with Gasteiger partial charge >= 0.3 is 0 Å². The van der Waals surface area contributed by atoms with Crippen molar-refractivity contribution in [2.75, 3.05) is 6.61 Å². The Hall–Kier alpha value is -2.31. The lowest BCUT2D eigenvalue weighted by molar-refractivity contribution is 0.272. The van der Waals surface area contributed by atoms with Gasteiger partial charge in [0.25, 0.3) is 0 Å². The topological polar surface area (TPSA) is 53.2 Å². The number of benzene rings is 2. The lowest BCUT2D eigenvalue weighted by atomic mass is 10.0. The van der Waals surface area contributed by atoms with Gasteiger partial charge in [-0.1, -0.05) is 37.3 Å². The Morgan fingerprint density at radius 2 is 1.85 bits per heavy atom. The fraction of sp³-hybridized carbons (Fsp3) is 0.235. The highest BCUT2D eigenvalue weighted by atomic mass is 16.5. The number of rotatable bonds is 5. The summed E-state index contributed by atoms with van der Waals surface area (Å²) in [6.45, 7) is 2.48. The maximum absolute atomic E-state index is 9.11. The summed E-state index contributed by atoms with van der Waals surface area (Å²) in [5, 5.41) is 18.1. The summed E-state index contributed by atoms with van der Waals surface area (Å²) in [6, 6.07) is 17.2. The normalized spacial score (nSPS) is 11.7. The van der Waals surface area contributed by atoms with Gasteiger partial charge in [-0.15, -0.1) is 0 Å². The first-order valence-electron chi connectivity index (χ1n) is 6.56. The molecule has 0 amide bonds. The van der Waals surface area contributed by atoms with E-state index in [-0.39, 0.29) is 12.5 Å². The summed E-state index contributed by atoms with van der Waals surface area (Å²) in [5.74, 6) is 0.884. The molecule has 0 spiro atoms. The molecule has 0 bridgehead atoms. The van der Waals surface area contributed by atoms with Crippen molar-refractivity contribution in [1.29, 1.82) is 5.26 Å². The molecule has 3 nitrogen and oxygen atoms in total. The third-order valence-corrected chi connectivity index (χ3v) is 3.26. The number of nitrogens with zero attached hydrogens (tertiary/aromatic N) is 1. The second-order valence-electron chi connectivity index (χ2n) is 4.71. The number of nitriles is 1. The Bertz CT molecular complexity index is 599. The molecule has 0 aliphatic carbocycles. The number of aliphatic hydroxyl groups is 1. The van der Waals surface area contributed by atoms with E-state index in [1.807, 2.05) is 49.4 Å². The molecule has 0 saturated heterocycles. The zero-order valence-corrected chi connectivity index (χ0v) is 11.4. The van der Waals surface area contributed by atoms with Gasteiger partial charge in [0, 0.05) is 18.1 Å². The van der Waals surface area contributed by atoms with Crippen molar-refractivity contribution in [2.45, 2.75) is 19.4 Å². The van der Waals surface area contributed by atoms with Crippen LogP contribution in [0.5, 0.6) is 5.75 Å². The third-order valence-electron chi connectivity index (χ3n) is 3.26. The van der Waals surface area contributed by atoms with E-state index in [1.165, 1.54) is 0 Å². The molecule has 0 aliphatic rings. The molecule has 1 atom stereocenters. The summed E-state index contributed by atoms with van der Waals surface area (Å²) >= 11 is 0. The summed E-state index contributed by atoms with van der Waals surface area (Å²) in [7, 11) is 0. The molecule has 0 heterocycles.